The second kappa shape index (κ2) is 5.21. The summed E-state index contributed by atoms with van der Waals surface area (Å²) in [5.41, 5.74) is 1.05. The average molecular weight is 228 g/mol. The van der Waals surface area contributed by atoms with Crippen LogP contribution in [-0.2, 0) is 17.6 Å². The summed E-state index contributed by atoms with van der Waals surface area (Å²) in [4.78, 5) is 14.9. The van der Waals surface area contributed by atoms with Crippen molar-refractivity contribution in [2.24, 2.45) is 13.0 Å². The Kier molecular flexibility index (Phi) is 4.20. The molecule has 1 aromatic rings. The summed E-state index contributed by atoms with van der Waals surface area (Å²) >= 11 is 1.45. The van der Waals surface area contributed by atoms with Gasteiger partial charge in [-0.1, -0.05) is 13.8 Å². The molecule has 0 radical (unpaired) electrons. The third kappa shape index (κ3) is 3.27. The third-order valence-corrected chi connectivity index (χ3v) is 3.74. The van der Waals surface area contributed by atoms with E-state index in [1.165, 1.54) is 11.8 Å². The zero-order valence-corrected chi connectivity index (χ0v) is 9.99. The highest BCUT2D eigenvalue weighted by Crippen LogP contribution is 2.23. The number of carbonyl (C=O) groups is 1. The molecular weight excluding hydrogens is 212 g/mol. The van der Waals surface area contributed by atoms with Crippen LogP contribution in [-0.4, -0.2) is 25.9 Å². The van der Waals surface area contributed by atoms with E-state index in [9.17, 15) is 4.79 Å². The number of carboxylic acids is 1. The molecule has 1 N–H and O–H groups in total. The van der Waals surface area contributed by atoms with E-state index < -0.39 is 5.97 Å². The van der Waals surface area contributed by atoms with Gasteiger partial charge in [0.05, 0.1) is 6.33 Å². The quantitative estimate of drug-likeness (QED) is 0.834. The minimum atomic E-state index is -0.739. The van der Waals surface area contributed by atoms with E-state index in [4.69, 9.17) is 5.11 Å². The number of thioether (sulfide) groups is 1. The van der Waals surface area contributed by atoms with Crippen LogP contribution >= 0.6 is 11.8 Å². The lowest BCUT2D eigenvalue weighted by Crippen LogP contribution is -2.22. The van der Waals surface area contributed by atoms with E-state index in [2.05, 4.69) is 4.98 Å². The van der Waals surface area contributed by atoms with Crippen molar-refractivity contribution in [3.63, 3.8) is 0 Å². The smallest absolute Gasteiger partial charge is 0.316 e. The van der Waals surface area contributed by atoms with Gasteiger partial charge in [0, 0.05) is 24.7 Å². The minimum Gasteiger partial charge on any atom is -0.480 e. The molecule has 1 rings (SSSR count). The highest BCUT2D eigenvalue weighted by Gasteiger charge is 2.22. The summed E-state index contributed by atoms with van der Waals surface area (Å²) in [7, 11) is 1.91. The maximum absolute atomic E-state index is 10.9. The number of aromatic nitrogens is 2. The molecule has 0 amide bonds. The number of hydrogen-bond acceptors (Lipinski definition) is 3. The maximum Gasteiger partial charge on any atom is 0.316 e. The van der Waals surface area contributed by atoms with Crippen molar-refractivity contribution < 1.29 is 9.90 Å². The predicted octanol–water partition coefficient (Wildman–Crippen LogP) is 1.76. The summed E-state index contributed by atoms with van der Waals surface area (Å²) < 4.78 is 1.91. The molecule has 0 saturated carbocycles. The minimum absolute atomic E-state index is 0.140. The predicted molar refractivity (Wildman–Crippen MR) is 60.8 cm³/mol. The number of aliphatic carboxylic acids is 1. The maximum atomic E-state index is 10.9. The van der Waals surface area contributed by atoms with Crippen LogP contribution in [0.5, 0.6) is 0 Å². The van der Waals surface area contributed by atoms with Crippen molar-refractivity contribution in [3.05, 3.63) is 18.2 Å². The topological polar surface area (TPSA) is 55.1 Å². The molecule has 84 valence electrons. The van der Waals surface area contributed by atoms with Gasteiger partial charge < -0.3 is 9.67 Å². The fourth-order valence-corrected chi connectivity index (χ4v) is 2.40. The molecule has 0 fully saturated rings. The zero-order chi connectivity index (χ0) is 11.4. The number of aryl methyl sites for hydroxylation is 1. The van der Waals surface area contributed by atoms with Gasteiger partial charge in [-0.3, -0.25) is 4.79 Å². The van der Waals surface area contributed by atoms with E-state index in [0.29, 0.717) is 5.75 Å². The van der Waals surface area contributed by atoms with Crippen LogP contribution in [0.15, 0.2) is 12.5 Å². The third-order valence-electron chi connectivity index (χ3n) is 2.18. The highest BCUT2D eigenvalue weighted by atomic mass is 32.2. The molecule has 0 aromatic carbocycles. The SMILES string of the molecule is CC(C)C(SCc1cncn1C)C(=O)O. The van der Waals surface area contributed by atoms with Gasteiger partial charge in [0.25, 0.3) is 0 Å². The van der Waals surface area contributed by atoms with Crippen molar-refractivity contribution in [2.45, 2.75) is 24.9 Å². The molecular formula is C10H16N2O2S. The molecule has 0 aliphatic heterocycles. The Morgan fingerprint density at radius 3 is 2.73 bits per heavy atom. The number of hydrogen-bond donors (Lipinski definition) is 1. The van der Waals surface area contributed by atoms with E-state index in [-0.39, 0.29) is 11.2 Å². The van der Waals surface area contributed by atoms with E-state index >= 15 is 0 Å². The largest absolute Gasteiger partial charge is 0.480 e. The van der Waals surface area contributed by atoms with Gasteiger partial charge in [-0.2, -0.15) is 0 Å². The molecule has 1 atom stereocenters. The summed E-state index contributed by atoms with van der Waals surface area (Å²) in [6.07, 6.45) is 3.49. The van der Waals surface area contributed by atoms with Crippen LogP contribution in [0.3, 0.4) is 0 Å². The molecule has 1 aromatic heterocycles. The van der Waals surface area contributed by atoms with Gasteiger partial charge in [0.1, 0.15) is 5.25 Å². The molecule has 0 aliphatic carbocycles. The first-order valence-electron chi connectivity index (χ1n) is 4.82. The van der Waals surface area contributed by atoms with Gasteiger partial charge in [0.2, 0.25) is 0 Å². The van der Waals surface area contributed by atoms with Gasteiger partial charge >= 0.3 is 5.97 Å². The lowest BCUT2D eigenvalue weighted by Gasteiger charge is -2.15. The molecule has 1 heterocycles. The second-order valence-corrected chi connectivity index (χ2v) is 4.94. The fraction of sp³-hybridized carbons (Fsp3) is 0.600. The van der Waals surface area contributed by atoms with Crippen LogP contribution in [0.1, 0.15) is 19.5 Å². The van der Waals surface area contributed by atoms with E-state index in [1.807, 2.05) is 25.5 Å². The van der Waals surface area contributed by atoms with Gasteiger partial charge in [-0.15, -0.1) is 11.8 Å². The second-order valence-electron chi connectivity index (χ2n) is 3.81. The first-order chi connectivity index (χ1) is 7.02. The Labute approximate surface area is 93.7 Å². The van der Waals surface area contributed by atoms with E-state index in [1.54, 1.807) is 12.5 Å². The number of carboxylic acid groups (broad SMARTS) is 1. The van der Waals surface area contributed by atoms with Gasteiger partial charge in [-0.05, 0) is 5.92 Å². The summed E-state index contributed by atoms with van der Waals surface area (Å²) in [6.45, 7) is 3.85. The Morgan fingerprint density at radius 2 is 2.33 bits per heavy atom. The molecule has 1 unspecified atom stereocenters. The van der Waals surface area contributed by atoms with Gasteiger partial charge in [0.15, 0.2) is 0 Å². The van der Waals surface area contributed by atoms with Crippen LogP contribution in [0.25, 0.3) is 0 Å². The number of nitrogens with zero attached hydrogens (tertiary/aromatic N) is 2. The number of imidazole rings is 1. The van der Waals surface area contributed by atoms with Crippen LogP contribution in [0, 0.1) is 5.92 Å². The molecule has 0 bridgehead atoms. The van der Waals surface area contributed by atoms with Crippen molar-refractivity contribution in [2.75, 3.05) is 0 Å². The standard InChI is InChI=1S/C10H16N2O2S/c1-7(2)9(10(13)14)15-5-8-4-11-6-12(8)3/h4,6-7,9H,5H2,1-3H3,(H,13,14). The monoisotopic (exact) mass is 228 g/mol. The summed E-state index contributed by atoms with van der Waals surface area (Å²) in [6, 6.07) is 0. The molecule has 4 nitrogen and oxygen atoms in total. The van der Waals surface area contributed by atoms with Crippen molar-refractivity contribution >= 4 is 17.7 Å². The molecule has 5 heteroatoms. The fourth-order valence-electron chi connectivity index (χ4n) is 1.25. The Hall–Kier alpha value is -0.970. The van der Waals surface area contributed by atoms with Crippen molar-refractivity contribution in [3.8, 4) is 0 Å². The Bertz CT molecular complexity index is 336. The first-order valence-corrected chi connectivity index (χ1v) is 5.87. The van der Waals surface area contributed by atoms with E-state index in [0.717, 1.165) is 5.69 Å². The highest BCUT2D eigenvalue weighted by molar-refractivity contribution is 7.99. The lowest BCUT2D eigenvalue weighted by molar-refractivity contribution is -0.137. The van der Waals surface area contributed by atoms with Crippen molar-refractivity contribution in [1.82, 2.24) is 9.55 Å². The molecule has 0 aliphatic rings. The number of rotatable bonds is 5. The zero-order valence-electron chi connectivity index (χ0n) is 9.17. The summed E-state index contributed by atoms with van der Waals surface area (Å²) in [5.74, 6) is 0.0870. The Balaban J connectivity index is 2.55. The molecule has 15 heavy (non-hydrogen) atoms. The Morgan fingerprint density at radius 1 is 1.67 bits per heavy atom. The molecule has 0 spiro atoms. The van der Waals surface area contributed by atoms with Gasteiger partial charge in [-0.25, -0.2) is 4.98 Å². The van der Waals surface area contributed by atoms with Crippen LogP contribution in [0.2, 0.25) is 0 Å². The normalized spacial score (nSPS) is 13.1. The lowest BCUT2D eigenvalue weighted by atomic mass is 10.1. The average Bonchev–Trinajstić information content (AvgIpc) is 2.51. The van der Waals surface area contributed by atoms with Crippen LogP contribution < -0.4 is 0 Å². The molecule has 0 saturated heterocycles. The first kappa shape index (κ1) is 12.1. The summed E-state index contributed by atoms with van der Waals surface area (Å²) in [5, 5.41) is 8.65. The van der Waals surface area contributed by atoms with Crippen LogP contribution in [0.4, 0.5) is 0 Å². The van der Waals surface area contributed by atoms with Crippen molar-refractivity contribution in [1.29, 1.82) is 0 Å².